The van der Waals surface area contributed by atoms with Crippen LogP contribution in [-0.4, -0.2) is 5.97 Å². The number of hydrogen-bond donors (Lipinski definition) is 0. The van der Waals surface area contributed by atoms with Crippen LogP contribution in [0.3, 0.4) is 0 Å². The molecule has 0 amide bonds. The van der Waals surface area contributed by atoms with Gasteiger partial charge in [-0.1, -0.05) is 6.58 Å². The Labute approximate surface area is 61.5 Å². The zero-order valence-electron chi connectivity index (χ0n) is 4.92. The molecule has 9 heavy (non-hydrogen) atoms. The SMILES string of the molecule is C=COC(C)=O.[O]=[Ti]=[O]. The first-order chi connectivity index (χ1) is 4.18. The van der Waals surface area contributed by atoms with Crippen LogP contribution in [0.5, 0.6) is 0 Å². The van der Waals surface area contributed by atoms with E-state index in [0.29, 0.717) is 0 Å². The van der Waals surface area contributed by atoms with Gasteiger partial charge >= 0.3 is 31.7 Å². The van der Waals surface area contributed by atoms with Gasteiger partial charge in [0.25, 0.3) is 0 Å². The molecular formula is C4H6O4Ti. The Morgan fingerprint density at radius 2 is 2.00 bits per heavy atom. The van der Waals surface area contributed by atoms with Crippen molar-refractivity contribution in [1.82, 2.24) is 0 Å². The molecule has 0 rings (SSSR count). The standard InChI is InChI=1S/C4H6O2.2O.Ti/c1-3-6-4(2)5;;;/h3H,1H2,2H3;;;. The fraction of sp³-hybridized carbons (Fsp3) is 0.250. The molecule has 0 saturated carbocycles. The van der Waals surface area contributed by atoms with Gasteiger partial charge in [0, 0.05) is 6.92 Å². The van der Waals surface area contributed by atoms with E-state index in [0.717, 1.165) is 6.26 Å². The summed E-state index contributed by atoms with van der Waals surface area (Å²) in [4.78, 5) is 9.75. The molecule has 50 valence electrons. The van der Waals surface area contributed by atoms with Crippen molar-refractivity contribution in [3.8, 4) is 0 Å². The maximum atomic E-state index is 9.75. The number of carbonyl (C=O) groups excluding carboxylic acids is 1. The molecule has 0 fully saturated rings. The van der Waals surface area contributed by atoms with Crippen LogP contribution in [0.15, 0.2) is 12.8 Å². The molecule has 0 unspecified atom stereocenters. The minimum absolute atomic E-state index is 0.329. The molecule has 0 radical (unpaired) electrons. The average Bonchev–Trinajstić information content (AvgIpc) is 1.67. The third-order valence-corrected chi connectivity index (χ3v) is 0.249. The van der Waals surface area contributed by atoms with Crippen molar-refractivity contribution in [1.29, 1.82) is 0 Å². The van der Waals surface area contributed by atoms with Gasteiger partial charge in [-0.25, -0.2) is 0 Å². The van der Waals surface area contributed by atoms with Gasteiger partial charge in [0.05, 0.1) is 6.26 Å². The third kappa shape index (κ3) is 36.0. The van der Waals surface area contributed by atoms with Gasteiger partial charge in [-0.15, -0.1) is 0 Å². The van der Waals surface area contributed by atoms with E-state index in [-0.39, 0.29) is 5.97 Å². The van der Waals surface area contributed by atoms with Crippen molar-refractivity contribution < 1.29 is 35.3 Å². The van der Waals surface area contributed by atoms with Crippen molar-refractivity contribution in [2.75, 3.05) is 0 Å². The minimum atomic E-state index is -2.00. The van der Waals surface area contributed by atoms with Crippen LogP contribution in [-0.2, 0) is 35.3 Å². The van der Waals surface area contributed by atoms with E-state index in [2.05, 4.69) is 11.3 Å². The summed E-state index contributed by atoms with van der Waals surface area (Å²) in [5.41, 5.74) is 0. The van der Waals surface area contributed by atoms with Gasteiger partial charge in [-0.05, 0) is 0 Å². The van der Waals surface area contributed by atoms with Crippen molar-refractivity contribution in [2.45, 2.75) is 6.92 Å². The van der Waals surface area contributed by atoms with Crippen LogP contribution < -0.4 is 0 Å². The molecule has 0 bridgehead atoms. The average molecular weight is 166 g/mol. The number of hydrogen-bond acceptors (Lipinski definition) is 4. The van der Waals surface area contributed by atoms with E-state index in [1.54, 1.807) is 0 Å². The Bertz CT molecular complexity index is 125. The number of esters is 1. The van der Waals surface area contributed by atoms with Gasteiger partial charge in [0.2, 0.25) is 0 Å². The predicted octanol–water partition coefficient (Wildman–Crippen LogP) is 0.453. The van der Waals surface area contributed by atoms with Crippen LogP contribution >= 0.6 is 0 Å². The molecule has 0 aromatic carbocycles. The molecule has 0 spiro atoms. The zero-order chi connectivity index (χ0) is 7.70. The van der Waals surface area contributed by atoms with Gasteiger partial charge in [-0.3, -0.25) is 4.79 Å². The summed E-state index contributed by atoms with van der Waals surface area (Å²) in [7, 11) is 0. The van der Waals surface area contributed by atoms with E-state index in [4.69, 9.17) is 6.65 Å². The van der Waals surface area contributed by atoms with E-state index >= 15 is 0 Å². The normalized spacial score (nSPS) is 5.44. The van der Waals surface area contributed by atoms with Crippen LogP contribution in [0.1, 0.15) is 6.92 Å². The summed E-state index contributed by atoms with van der Waals surface area (Å²) >= 11 is -2.00. The fourth-order valence-corrected chi connectivity index (χ4v) is 0.117. The quantitative estimate of drug-likeness (QED) is 0.322. The Kier molecular flexibility index (Phi) is 13.2. The molecule has 0 saturated heterocycles. The van der Waals surface area contributed by atoms with Gasteiger partial charge in [0.15, 0.2) is 0 Å². The van der Waals surface area contributed by atoms with Gasteiger partial charge in [0.1, 0.15) is 0 Å². The molecule has 0 aromatic rings. The van der Waals surface area contributed by atoms with Gasteiger partial charge < -0.3 is 4.74 Å². The summed E-state index contributed by atoms with van der Waals surface area (Å²) in [6.45, 7) is 4.48. The molecule has 0 aliphatic carbocycles. The summed E-state index contributed by atoms with van der Waals surface area (Å²) in [6.07, 6.45) is 1.10. The first-order valence-corrected chi connectivity index (χ1v) is 3.24. The number of carbonyl (C=O) groups is 1. The Morgan fingerprint density at radius 3 is 2.00 bits per heavy atom. The molecule has 0 heterocycles. The van der Waals surface area contributed by atoms with Crippen molar-refractivity contribution in [3.63, 3.8) is 0 Å². The number of rotatable bonds is 1. The van der Waals surface area contributed by atoms with Crippen molar-refractivity contribution >= 4 is 5.97 Å². The fourth-order valence-electron chi connectivity index (χ4n) is 0.117. The van der Waals surface area contributed by atoms with Crippen LogP contribution in [0, 0.1) is 0 Å². The first-order valence-electron chi connectivity index (χ1n) is 1.96. The molecule has 0 atom stereocenters. The van der Waals surface area contributed by atoms with Gasteiger partial charge in [-0.2, -0.15) is 0 Å². The van der Waals surface area contributed by atoms with E-state index < -0.39 is 19.1 Å². The molecule has 0 aliphatic heterocycles. The van der Waals surface area contributed by atoms with E-state index in [1.807, 2.05) is 0 Å². The second kappa shape index (κ2) is 10.5. The summed E-state index contributed by atoms with van der Waals surface area (Å²) in [6, 6.07) is 0. The zero-order valence-corrected chi connectivity index (χ0v) is 6.48. The summed E-state index contributed by atoms with van der Waals surface area (Å²) in [5.74, 6) is -0.329. The second-order valence-corrected chi connectivity index (χ2v) is 1.12. The summed E-state index contributed by atoms with van der Waals surface area (Å²) < 4.78 is 21.2. The molecule has 4 nitrogen and oxygen atoms in total. The molecule has 0 aromatic heterocycles. The summed E-state index contributed by atoms with van der Waals surface area (Å²) in [5, 5.41) is 0. The number of ether oxygens (including phenoxy) is 1. The van der Waals surface area contributed by atoms with Crippen molar-refractivity contribution in [2.24, 2.45) is 0 Å². The molecule has 0 N–H and O–H groups in total. The first kappa shape index (κ1) is 11.3. The third-order valence-electron chi connectivity index (χ3n) is 0.249. The maximum absolute atomic E-state index is 9.75. The monoisotopic (exact) mass is 166 g/mol. The Balaban J connectivity index is 0. The Morgan fingerprint density at radius 1 is 1.67 bits per heavy atom. The second-order valence-electron chi connectivity index (χ2n) is 0.859. The molecular weight excluding hydrogens is 160 g/mol. The van der Waals surface area contributed by atoms with Crippen LogP contribution in [0.4, 0.5) is 0 Å². The van der Waals surface area contributed by atoms with E-state index in [9.17, 15) is 4.79 Å². The van der Waals surface area contributed by atoms with Crippen molar-refractivity contribution in [3.05, 3.63) is 12.8 Å². The Hall–Kier alpha value is -0.476. The molecule has 5 heteroatoms. The van der Waals surface area contributed by atoms with Crippen LogP contribution in [0.2, 0.25) is 0 Å². The van der Waals surface area contributed by atoms with Crippen LogP contribution in [0.25, 0.3) is 0 Å². The van der Waals surface area contributed by atoms with E-state index in [1.165, 1.54) is 6.92 Å². The molecule has 0 aliphatic rings. The topological polar surface area (TPSA) is 60.4 Å². The predicted molar refractivity (Wildman–Crippen MR) is 23.3 cm³/mol.